The van der Waals surface area contributed by atoms with Crippen molar-refractivity contribution in [2.75, 3.05) is 26.0 Å². The van der Waals surface area contributed by atoms with Crippen molar-refractivity contribution in [3.8, 4) is 5.75 Å². The summed E-state index contributed by atoms with van der Waals surface area (Å²) in [4.78, 5) is 0.222. The molecule has 1 unspecified atom stereocenters. The van der Waals surface area contributed by atoms with Crippen LogP contribution in [0.5, 0.6) is 5.75 Å². The fourth-order valence-corrected chi connectivity index (χ4v) is 3.05. The van der Waals surface area contributed by atoms with Crippen LogP contribution in [0.3, 0.4) is 0 Å². The number of hydrogen-bond acceptors (Lipinski definition) is 5. The Hall–Kier alpha value is -1.11. The maximum Gasteiger partial charge on any atom is 0.181 e. The highest BCUT2D eigenvalue weighted by Gasteiger charge is 2.21. The molecule has 0 saturated carbocycles. The number of rotatable bonds is 7. The molecule has 0 amide bonds. The van der Waals surface area contributed by atoms with Crippen LogP contribution in [0.15, 0.2) is 29.2 Å². The molecule has 0 spiro atoms. The van der Waals surface area contributed by atoms with Crippen molar-refractivity contribution in [3.63, 3.8) is 0 Å². The minimum absolute atomic E-state index is 0.121. The maximum atomic E-state index is 12.2. The lowest BCUT2D eigenvalue weighted by Crippen LogP contribution is -2.31. The van der Waals surface area contributed by atoms with Crippen molar-refractivity contribution in [1.82, 2.24) is 0 Å². The van der Waals surface area contributed by atoms with E-state index in [2.05, 4.69) is 0 Å². The van der Waals surface area contributed by atoms with Gasteiger partial charge in [-0.1, -0.05) is 6.07 Å². The average molecular weight is 273 g/mol. The van der Waals surface area contributed by atoms with Gasteiger partial charge in [-0.2, -0.15) is 0 Å². The molecule has 1 aromatic rings. The fraction of sp³-hybridized carbons (Fsp3) is 0.500. The average Bonchev–Trinajstić information content (AvgIpc) is 2.38. The van der Waals surface area contributed by atoms with Gasteiger partial charge in [0, 0.05) is 13.2 Å². The summed E-state index contributed by atoms with van der Waals surface area (Å²) in [6.07, 6.45) is -0.480. The van der Waals surface area contributed by atoms with Gasteiger partial charge in [0.1, 0.15) is 5.75 Å². The van der Waals surface area contributed by atoms with Crippen LogP contribution in [0.4, 0.5) is 0 Å². The summed E-state index contributed by atoms with van der Waals surface area (Å²) in [5, 5.41) is 0. The van der Waals surface area contributed by atoms with Gasteiger partial charge in [0.25, 0.3) is 0 Å². The van der Waals surface area contributed by atoms with Gasteiger partial charge < -0.3 is 15.2 Å². The van der Waals surface area contributed by atoms with E-state index in [1.807, 2.05) is 0 Å². The van der Waals surface area contributed by atoms with E-state index in [-0.39, 0.29) is 17.2 Å². The largest absolute Gasteiger partial charge is 0.497 e. The molecule has 102 valence electrons. The number of methoxy groups -OCH3 is 1. The zero-order chi connectivity index (χ0) is 13.6. The number of sulfone groups is 1. The first-order valence-electron chi connectivity index (χ1n) is 5.72. The summed E-state index contributed by atoms with van der Waals surface area (Å²) in [6.45, 7) is 2.42. The lowest BCUT2D eigenvalue weighted by atomic mass is 10.3. The summed E-state index contributed by atoms with van der Waals surface area (Å²) in [6, 6.07) is 6.37. The standard InChI is InChI=1S/C12H19NO4S/c1-3-17-11(8-13)9-18(14,15)12-6-4-5-10(7-12)16-2/h4-7,11H,3,8-9,13H2,1-2H3. The number of hydrogen-bond donors (Lipinski definition) is 1. The Balaban J connectivity index is 2.91. The quantitative estimate of drug-likeness (QED) is 0.796. The van der Waals surface area contributed by atoms with E-state index in [1.54, 1.807) is 19.1 Å². The first kappa shape index (κ1) is 14.9. The molecular weight excluding hydrogens is 254 g/mol. The molecule has 1 rings (SSSR count). The molecule has 5 nitrogen and oxygen atoms in total. The Morgan fingerprint density at radius 1 is 1.39 bits per heavy atom. The fourth-order valence-electron chi connectivity index (χ4n) is 1.56. The van der Waals surface area contributed by atoms with Crippen molar-refractivity contribution in [2.24, 2.45) is 5.73 Å². The first-order valence-corrected chi connectivity index (χ1v) is 7.37. The minimum Gasteiger partial charge on any atom is -0.497 e. The first-order chi connectivity index (χ1) is 8.53. The van der Waals surface area contributed by atoms with Crippen LogP contribution in [0.25, 0.3) is 0 Å². The van der Waals surface area contributed by atoms with E-state index in [4.69, 9.17) is 15.2 Å². The van der Waals surface area contributed by atoms with Gasteiger partial charge in [-0.15, -0.1) is 0 Å². The third-order valence-corrected chi connectivity index (χ3v) is 4.25. The summed E-state index contributed by atoms with van der Waals surface area (Å²) in [5.74, 6) is 0.390. The van der Waals surface area contributed by atoms with Gasteiger partial charge in [0.15, 0.2) is 9.84 Å². The topological polar surface area (TPSA) is 78.6 Å². The number of ether oxygens (including phenoxy) is 2. The Morgan fingerprint density at radius 2 is 2.11 bits per heavy atom. The molecule has 0 radical (unpaired) electrons. The van der Waals surface area contributed by atoms with Gasteiger partial charge in [-0.05, 0) is 25.1 Å². The molecule has 2 N–H and O–H groups in total. The highest BCUT2D eigenvalue weighted by molar-refractivity contribution is 7.91. The summed E-state index contributed by atoms with van der Waals surface area (Å²) in [7, 11) is -1.92. The van der Waals surface area contributed by atoms with E-state index in [9.17, 15) is 8.42 Å². The molecule has 0 bridgehead atoms. The van der Waals surface area contributed by atoms with Crippen LogP contribution in [0, 0.1) is 0 Å². The van der Waals surface area contributed by atoms with Crippen LogP contribution in [-0.2, 0) is 14.6 Å². The Kier molecular flexibility index (Phi) is 5.58. The van der Waals surface area contributed by atoms with Gasteiger partial charge in [-0.25, -0.2) is 8.42 Å². The zero-order valence-corrected chi connectivity index (χ0v) is 11.4. The summed E-state index contributed by atoms with van der Waals surface area (Å²) >= 11 is 0. The second kappa shape index (κ2) is 6.72. The normalized spacial score (nSPS) is 13.3. The minimum atomic E-state index is -3.41. The van der Waals surface area contributed by atoms with Gasteiger partial charge in [0.2, 0.25) is 0 Å². The molecule has 18 heavy (non-hydrogen) atoms. The molecule has 0 aliphatic heterocycles. The van der Waals surface area contributed by atoms with Crippen LogP contribution in [0.2, 0.25) is 0 Å². The third-order valence-electron chi connectivity index (χ3n) is 2.47. The number of nitrogens with two attached hydrogens (primary N) is 1. The van der Waals surface area contributed by atoms with Crippen LogP contribution < -0.4 is 10.5 Å². The number of benzene rings is 1. The van der Waals surface area contributed by atoms with Crippen molar-refractivity contribution >= 4 is 9.84 Å². The predicted octanol–water partition coefficient (Wildman–Crippen LogP) is 0.833. The highest BCUT2D eigenvalue weighted by atomic mass is 32.2. The smallest absolute Gasteiger partial charge is 0.181 e. The summed E-state index contributed by atoms with van der Waals surface area (Å²) < 4.78 is 34.6. The van der Waals surface area contributed by atoms with Crippen LogP contribution in [0.1, 0.15) is 6.92 Å². The molecule has 1 atom stereocenters. The van der Waals surface area contributed by atoms with Crippen molar-refractivity contribution in [1.29, 1.82) is 0 Å². The van der Waals surface area contributed by atoms with E-state index in [0.717, 1.165) is 0 Å². The van der Waals surface area contributed by atoms with Crippen molar-refractivity contribution < 1.29 is 17.9 Å². The second-order valence-corrected chi connectivity index (χ2v) is 5.81. The van der Waals surface area contributed by atoms with E-state index in [0.29, 0.717) is 12.4 Å². The molecule has 0 aliphatic rings. The van der Waals surface area contributed by atoms with E-state index in [1.165, 1.54) is 19.2 Å². The molecule has 0 aliphatic carbocycles. The van der Waals surface area contributed by atoms with Crippen LogP contribution in [-0.4, -0.2) is 40.5 Å². The van der Waals surface area contributed by atoms with Crippen LogP contribution >= 0.6 is 0 Å². The molecule has 0 heterocycles. The summed E-state index contributed by atoms with van der Waals surface area (Å²) in [5.41, 5.74) is 5.49. The lowest BCUT2D eigenvalue weighted by Gasteiger charge is -2.15. The molecular formula is C12H19NO4S. The molecule has 0 saturated heterocycles. The maximum absolute atomic E-state index is 12.2. The SMILES string of the molecule is CCOC(CN)CS(=O)(=O)c1cccc(OC)c1. The van der Waals surface area contributed by atoms with Gasteiger partial charge in [-0.3, -0.25) is 0 Å². The monoisotopic (exact) mass is 273 g/mol. The molecule has 0 fully saturated rings. The Morgan fingerprint density at radius 3 is 2.67 bits per heavy atom. The third kappa shape index (κ3) is 3.97. The molecule has 0 aromatic heterocycles. The van der Waals surface area contributed by atoms with Crippen molar-refractivity contribution in [3.05, 3.63) is 24.3 Å². The Bertz CT molecular complexity index is 473. The highest BCUT2D eigenvalue weighted by Crippen LogP contribution is 2.19. The lowest BCUT2D eigenvalue weighted by molar-refractivity contribution is 0.0846. The van der Waals surface area contributed by atoms with E-state index >= 15 is 0 Å². The zero-order valence-electron chi connectivity index (χ0n) is 10.6. The second-order valence-electron chi connectivity index (χ2n) is 3.77. The Labute approximate surface area is 108 Å². The van der Waals surface area contributed by atoms with E-state index < -0.39 is 15.9 Å². The predicted molar refractivity (Wildman–Crippen MR) is 69.5 cm³/mol. The van der Waals surface area contributed by atoms with Crippen molar-refractivity contribution in [2.45, 2.75) is 17.9 Å². The van der Waals surface area contributed by atoms with Gasteiger partial charge in [0.05, 0.1) is 23.9 Å². The molecule has 6 heteroatoms. The van der Waals surface area contributed by atoms with Gasteiger partial charge >= 0.3 is 0 Å². The molecule has 1 aromatic carbocycles.